The summed E-state index contributed by atoms with van der Waals surface area (Å²) in [6, 6.07) is 8.48. The van der Waals surface area contributed by atoms with Crippen LogP contribution in [0.4, 0.5) is 10.1 Å². The number of thiophene rings is 1. The van der Waals surface area contributed by atoms with Gasteiger partial charge in [-0.1, -0.05) is 12.1 Å². The van der Waals surface area contributed by atoms with Gasteiger partial charge in [0, 0.05) is 15.9 Å². The zero-order valence-electron chi connectivity index (χ0n) is 8.99. The van der Waals surface area contributed by atoms with Crippen molar-refractivity contribution >= 4 is 33.0 Å². The van der Waals surface area contributed by atoms with Gasteiger partial charge < -0.3 is 11.1 Å². The highest BCUT2D eigenvalue weighted by molar-refractivity contribution is 9.10. The second kappa shape index (κ2) is 5.62. The summed E-state index contributed by atoms with van der Waals surface area (Å²) in [5, 5.41) is 5.10. The summed E-state index contributed by atoms with van der Waals surface area (Å²) in [6.45, 7) is 0.410. The molecule has 0 spiro atoms. The Morgan fingerprint density at radius 2 is 2.12 bits per heavy atom. The van der Waals surface area contributed by atoms with Crippen molar-refractivity contribution in [2.75, 3.05) is 11.9 Å². The molecule has 1 aromatic heterocycles. The van der Waals surface area contributed by atoms with Crippen molar-refractivity contribution in [3.63, 3.8) is 0 Å². The van der Waals surface area contributed by atoms with Crippen LogP contribution in [0, 0.1) is 5.82 Å². The van der Waals surface area contributed by atoms with Crippen LogP contribution in [0.2, 0.25) is 0 Å². The third kappa shape index (κ3) is 2.86. The summed E-state index contributed by atoms with van der Waals surface area (Å²) < 4.78 is 14.5. The maximum absolute atomic E-state index is 13.5. The van der Waals surface area contributed by atoms with Gasteiger partial charge in [0.05, 0.1) is 11.7 Å². The number of hydrogen-bond donors (Lipinski definition) is 2. The van der Waals surface area contributed by atoms with Crippen LogP contribution in [0.25, 0.3) is 0 Å². The van der Waals surface area contributed by atoms with Gasteiger partial charge in [0.2, 0.25) is 0 Å². The summed E-state index contributed by atoms with van der Waals surface area (Å²) >= 11 is 5.06. The molecule has 0 saturated heterocycles. The lowest BCUT2D eigenvalue weighted by Crippen LogP contribution is -2.20. The van der Waals surface area contributed by atoms with Gasteiger partial charge in [-0.25, -0.2) is 4.39 Å². The quantitative estimate of drug-likeness (QED) is 0.901. The number of para-hydroxylation sites is 1. The third-order valence-electron chi connectivity index (χ3n) is 2.40. The minimum atomic E-state index is -0.265. The van der Waals surface area contributed by atoms with Gasteiger partial charge in [0.25, 0.3) is 0 Å². The van der Waals surface area contributed by atoms with E-state index in [9.17, 15) is 4.39 Å². The van der Waals surface area contributed by atoms with Crippen LogP contribution in [0.1, 0.15) is 10.9 Å². The molecule has 0 fully saturated rings. The van der Waals surface area contributed by atoms with E-state index in [0.29, 0.717) is 12.2 Å². The first-order valence-electron chi connectivity index (χ1n) is 5.16. The third-order valence-corrected chi connectivity index (χ3v) is 4.39. The minimum absolute atomic E-state index is 0.0822. The molecule has 1 atom stereocenters. The Bertz CT molecular complexity index is 501. The van der Waals surface area contributed by atoms with Gasteiger partial charge >= 0.3 is 0 Å². The molecule has 0 radical (unpaired) electrons. The normalized spacial score (nSPS) is 12.4. The molecule has 0 amide bonds. The average molecular weight is 315 g/mol. The zero-order chi connectivity index (χ0) is 12.3. The van der Waals surface area contributed by atoms with Crippen LogP contribution in [0.15, 0.2) is 40.2 Å². The standard InChI is InChI=1S/C12H12BrFN2S/c13-8-5-6-17-12(8)11(7-15)16-10-4-2-1-3-9(10)14/h1-6,11,16H,7,15H2. The summed E-state index contributed by atoms with van der Waals surface area (Å²) in [7, 11) is 0. The summed E-state index contributed by atoms with van der Waals surface area (Å²) in [5.74, 6) is -0.265. The van der Waals surface area contributed by atoms with Crippen LogP contribution in [0.3, 0.4) is 0 Å². The van der Waals surface area contributed by atoms with Crippen molar-refractivity contribution in [3.05, 3.63) is 50.9 Å². The van der Waals surface area contributed by atoms with Crippen molar-refractivity contribution in [1.29, 1.82) is 0 Å². The zero-order valence-corrected chi connectivity index (χ0v) is 11.4. The van der Waals surface area contributed by atoms with E-state index >= 15 is 0 Å². The van der Waals surface area contributed by atoms with E-state index < -0.39 is 0 Å². The van der Waals surface area contributed by atoms with E-state index in [1.54, 1.807) is 29.5 Å². The number of nitrogens with two attached hydrogens (primary N) is 1. The maximum atomic E-state index is 13.5. The Morgan fingerprint density at radius 1 is 1.35 bits per heavy atom. The molecule has 0 aliphatic carbocycles. The van der Waals surface area contributed by atoms with Crippen LogP contribution in [-0.2, 0) is 0 Å². The second-order valence-corrected chi connectivity index (χ2v) is 5.35. The van der Waals surface area contributed by atoms with Crippen LogP contribution in [0.5, 0.6) is 0 Å². The van der Waals surface area contributed by atoms with E-state index in [2.05, 4.69) is 21.2 Å². The Labute approximate surface area is 112 Å². The lowest BCUT2D eigenvalue weighted by Gasteiger charge is -2.17. The molecule has 1 heterocycles. The molecule has 5 heteroatoms. The lowest BCUT2D eigenvalue weighted by molar-refractivity contribution is 0.626. The monoisotopic (exact) mass is 314 g/mol. The minimum Gasteiger partial charge on any atom is -0.374 e. The molecule has 17 heavy (non-hydrogen) atoms. The van der Waals surface area contributed by atoms with Crippen molar-refractivity contribution < 1.29 is 4.39 Å². The first-order chi connectivity index (χ1) is 8.22. The van der Waals surface area contributed by atoms with Crippen molar-refractivity contribution in [2.24, 2.45) is 5.73 Å². The number of nitrogens with one attached hydrogen (secondary N) is 1. The molecule has 0 aliphatic rings. The molecule has 1 unspecified atom stereocenters. The molecule has 2 nitrogen and oxygen atoms in total. The van der Waals surface area contributed by atoms with Crippen molar-refractivity contribution in [3.8, 4) is 0 Å². The molecule has 2 rings (SSSR count). The Hall–Kier alpha value is -0.910. The number of hydrogen-bond acceptors (Lipinski definition) is 3. The number of halogens is 2. The van der Waals surface area contributed by atoms with E-state index in [1.807, 2.05) is 11.4 Å². The van der Waals surface area contributed by atoms with Gasteiger partial charge in [-0.15, -0.1) is 11.3 Å². The summed E-state index contributed by atoms with van der Waals surface area (Å²) in [5.41, 5.74) is 6.21. The first kappa shape index (κ1) is 12.5. The first-order valence-corrected chi connectivity index (χ1v) is 6.83. The molecule has 3 N–H and O–H groups in total. The number of anilines is 1. The molecule has 90 valence electrons. The summed E-state index contributed by atoms with van der Waals surface area (Å²) in [6.07, 6.45) is 0. The highest BCUT2D eigenvalue weighted by atomic mass is 79.9. The Kier molecular flexibility index (Phi) is 4.15. The summed E-state index contributed by atoms with van der Waals surface area (Å²) in [4.78, 5) is 1.08. The van der Waals surface area contributed by atoms with Crippen LogP contribution >= 0.6 is 27.3 Å². The van der Waals surface area contributed by atoms with Gasteiger partial charge in [-0.2, -0.15) is 0 Å². The van der Waals surface area contributed by atoms with E-state index in [1.165, 1.54) is 6.07 Å². The second-order valence-electron chi connectivity index (χ2n) is 3.55. The fraction of sp³-hybridized carbons (Fsp3) is 0.167. The lowest BCUT2D eigenvalue weighted by atomic mass is 10.2. The topological polar surface area (TPSA) is 38.0 Å². The fourth-order valence-corrected chi connectivity index (χ4v) is 3.27. The predicted octanol–water partition coefficient (Wildman–Crippen LogP) is 3.76. The Morgan fingerprint density at radius 3 is 2.71 bits per heavy atom. The number of benzene rings is 1. The maximum Gasteiger partial charge on any atom is 0.146 e. The van der Waals surface area contributed by atoms with Crippen molar-refractivity contribution in [2.45, 2.75) is 6.04 Å². The SMILES string of the molecule is NCC(Nc1ccccc1F)c1sccc1Br. The highest BCUT2D eigenvalue weighted by Gasteiger charge is 2.15. The van der Waals surface area contributed by atoms with Crippen LogP contribution in [-0.4, -0.2) is 6.54 Å². The highest BCUT2D eigenvalue weighted by Crippen LogP contribution is 2.31. The van der Waals surface area contributed by atoms with E-state index in [-0.39, 0.29) is 11.9 Å². The van der Waals surface area contributed by atoms with Gasteiger partial charge in [0.15, 0.2) is 0 Å². The van der Waals surface area contributed by atoms with Crippen molar-refractivity contribution in [1.82, 2.24) is 0 Å². The smallest absolute Gasteiger partial charge is 0.146 e. The fourth-order valence-electron chi connectivity index (χ4n) is 1.55. The molecular weight excluding hydrogens is 303 g/mol. The molecule has 1 aromatic carbocycles. The molecule has 2 aromatic rings. The van der Waals surface area contributed by atoms with E-state index in [0.717, 1.165) is 9.35 Å². The van der Waals surface area contributed by atoms with E-state index in [4.69, 9.17) is 5.73 Å². The molecule has 0 aliphatic heterocycles. The van der Waals surface area contributed by atoms with Gasteiger partial charge in [-0.05, 0) is 39.5 Å². The molecule has 0 saturated carbocycles. The molecule has 0 bridgehead atoms. The molecular formula is C12H12BrFN2S. The Balaban J connectivity index is 2.22. The van der Waals surface area contributed by atoms with Crippen LogP contribution < -0.4 is 11.1 Å². The largest absolute Gasteiger partial charge is 0.374 e. The van der Waals surface area contributed by atoms with Gasteiger partial charge in [0.1, 0.15) is 5.82 Å². The number of rotatable bonds is 4. The van der Waals surface area contributed by atoms with Gasteiger partial charge in [-0.3, -0.25) is 0 Å². The average Bonchev–Trinajstić information content (AvgIpc) is 2.75. The predicted molar refractivity (Wildman–Crippen MR) is 73.8 cm³/mol.